The summed E-state index contributed by atoms with van der Waals surface area (Å²) in [7, 11) is 0. The van der Waals surface area contributed by atoms with Crippen LogP contribution in [0.25, 0.3) is 0 Å². The van der Waals surface area contributed by atoms with E-state index >= 15 is 0 Å². The van der Waals surface area contributed by atoms with Crippen molar-refractivity contribution in [3.8, 4) is 5.75 Å². The maximum atomic E-state index is 12.8. The quantitative estimate of drug-likeness (QED) is 0.602. The summed E-state index contributed by atoms with van der Waals surface area (Å²) in [5, 5.41) is 3.00. The lowest BCUT2D eigenvalue weighted by Gasteiger charge is -2.28. The zero-order chi connectivity index (χ0) is 19.7. The third-order valence-electron chi connectivity index (χ3n) is 4.62. The van der Waals surface area contributed by atoms with Gasteiger partial charge in [0.1, 0.15) is 18.0 Å². The van der Waals surface area contributed by atoms with Crippen molar-refractivity contribution in [2.75, 3.05) is 11.9 Å². The molecule has 4 heteroatoms. The number of benzene rings is 2. The first-order valence-corrected chi connectivity index (χ1v) is 9.71. The molecular formula is C23H31NO3. The average molecular weight is 370 g/mol. The molecule has 0 aromatic heterocycles. The van der Waals surface area contributed by atoms with E-state index < -0.39 is 5.60 Å². The number of ether oxygens (including phenoxy) is 2. The molecule has 1 N–H and O–H groups in total. The van der Waals surface area contributed by atoms with Crippen LogP contribution in [0.5, 0.6) is 5.75 Å². The van der Waals surface area contributed by atoms with Crippen LogP contribution < -0.4 is 10.1 Å². The van der Waals surface area contributed by atoms with Gasteiger partial charge in [0.15, 0.2) is 0 Å². The zero-order valence-corrected chi connectivity index (χ0v) is 16.9. The van der Waals surface area contributed by atoms with Crippen molar-refractivity contribution in [1.82, 2.24) is 0 Å². The highest BCUT2D eigenvalue weighted by Crippen LogP contribution is 2.26. The minimum Gasteiger partial charge on any atom is -0.489 e. The summed E-state index contributed by atoms with van der Waals surface area (Å²) in [6, 6.07) is 15.8. The number of unbranched alkanes of at least 4 members (excludes halogenated alkanes) is 1. The van der Waals surface area contributed by atoms with Crippen LogP contribution in [0.1, 0.15) is 51.2 Å². The van der Waals surface area contributed by atoms with Crippen LogP contribution in [0.15, 0.2) is 48.5 Å². The first-order valence-electron chi connectivity index (χ1n) is 9.71. The monoisotopic (exact) mass is 369 g/mol. The molecule has 0 aliphatic rings. The van der Waals surface area contributed by atoms with Crippen molar-refractivity contribution >= 4 is 11.6 Å². The summed E-state index contributed by atoms with van der Waals surface area (Å²) >= 11 is 0. The van der Waals surface area contributed by atoms with Crippen molar-refractivity contribution in [2.45, 2.75) is 59.2 Å². The second kappa shape index (κ2) is 10.1. The lowest BCUT2D eigenvalue weighted by molar-refractivity contribution is -0.139. The van der Waals surface area contributed by atoms with Crippen molar-refractivity contribution in [3.63, 3.8) is 0 Å². The van der Waals surface area contributed by atoms with Gasteiger partial charge in [0, 0.05) is 12.3 Å². The molecule has 0 saturated carbocycles. The Morgan fingerprint density at radius 1 is 1.11 bits per heavy atom. The number of amides is 1. The molecule has 0 fully saturated rings. The van der Waals surface area contributed by atoms with E-state index in [9.17, 15) is 4.79 Å². The van der Waals surface area contributed by atoms with Crippen molar-refractivity contribution in [2.24, 2.45) is 0 Å². The molecule has 0 radical (unpaired) electrons. The summed E-state index contributed by atoms with van der Waals surface area (Å²) in [5.74, 6) is 0.713. The van der Waals surface area contributed by atoms with Gasteiger partial charge in [-0.3, -0.25) is 4.79 Å². The van der Waals surface area contributed by atoms with Crippen molar-refractivity contribution in [3.05, 3.63) is 59.7 Å². The van der Waals surface area contributed by atoms with E-state index in [1.807, 2.05) is 69.3 Å². The Morgan fingerprint density at radius 2 is 1.85 bits per heavy atom. The van der Waals surface area contributed by atoms with E-state index in [0.717, 1.165) is 35.4 Å². The third-order valence-corrected chi connectivity index (χ3v) is 4.62. The minimum atomic E-state index is -0.804. The maximum Gasteiger partial charge on any atom is 0.256 e. The van der Waals surface area contributed by atoms with Crippen molar-refractivity contribution < 1.29 is 14.3 Å². The lowest BCUT2D eigenvalue weighted by atomic mass is 9.97. The molecule has 2 aromatic carbocycles. The fourth-order valence-electron chi connectivity index (χ4n) is 2.97. The lowest BCUT2D eigenvalue weighted by Crippen LogP contribution is -2.42. The van der Waals surface area contributed by atoms with Gasteiger partial charge in [-0.05, 0) is 56.5 Å². The summed E-state index contributed by atoms with van der Waals surface area (Å²) in [4.78, 5) is 12.8. The minimum absolute atomic E-state index is 0.102. The van der Waals surface area contributed by atoms with Gasteiger partial charge < -0.3 is 14.8 Å². The fourth-order valence-corrected chi connectivity index (χ4v) is 2.97. The largest absolute Gasteiger partial charge is 0.489 e. The number of nitrogens with one attached hydrogen (secondary N) is 1. The number of rotatable bonds is 10. The molecule has 1 amide bonds. The Kier molecular flexibility index (Phi) is 7.86. The predicted octanol–water partition coefficient (Wildman–Crippen LogP) is 5.50. The molecule has 2 rings (SSSR count). The Balaban J connectivity index is 2.02. The number of carbonyl (C=O) groups excluding carboxylic acids is 1. The van der Waals surface area contributed by atoms with Crippen LogP contribution in [0.3, 0.4) is 0 Å². The van der Waals surface area contributed by atoms with Crippen LogP contribution in [0.2, 0.25) is 0 Å². The maximum absolute atomic E-state index is 12.8. The fraction of sp³-hybridized carbons (Fsp3) is 0.435. The van der Waals surface area contributed by atoms with Crippen LogP contribution >= 0.6 is 0 Å². The molecule has 0 unspecified atom stereocenters. The highest BCUT2D eigenvalue weighted by Gasteiger charge is 2.33. The van der Waals surface area contributed by atoms with Crippen LogP contribution in [-0.2, 0) is 16.1 Å². The summed E-state index contributed by atoms with van der Waals surface area (Å²) in [5.41, 5.74) is 2.06. The van der Waals surface area contributed by atoms with Crippen LogP contribution in [-0.4, -0.2) is 18.1 Å². The molecule has 0 aliphatic heterocycles. The predicted molar refractivity (Wildman–Crippen MR) is 110 cm³/mol. The Morgan fingerprint density at radius 3 is 2.48 bits per heavy atom. The van der Waals surface area contributed by atoms with Gasteiger partial charge in [0.05, 0.1) is 0 Å². The molecular weight excluding hydrogens is 338 g/mol. The number of hydrogen-bond donors (Lipinski definition) is 1. The Hall–Kier alpha value is -2.33. The molecule has 27 heavy (non-hydrogen) atoms. The van der Waals surface area contributed by atoms with E-state index in [2.05, 4.69) is 12.2 Å². The van der Waals surface area contributed by atoms with Crippen molar-refractivity contribution in [1.29, 1.82) is 0 Å². The van der Waals surface area contributed by atoms with Gasteiger partial charge in [0.25, 0.3) is 5.91 Å². The van der Waals surface area contributed by atoms with Gasteiger partial charge in [0.2, 0.25) is 0 Å². The third kappa shape index (κ3) is 6.10. The number of carbonyl (C=O) groups is 1. The second-order valence-electron chi connectivity index (χ2n) is 6.98. The first-order chi connectivity index (χ1) is 13.0. The number of aryl methyl sites for hydroxylation is 1. The molecule has 0 heterocycles. The van der Waals surface area contributed by atoms with E-state index in [1.54, 1.807) is 0 Å². The summed E-state index contributed by atoms with van der Waals surface area (Å²) < 4.78 is 11.7. The number of anilines is 1. The molecule has 146 valence electrons. The molecule has 4 nitrogen and oxygen atoms in total. The standard InChI is InChI=1S/C23H31NO3/c1-5-7-15-23(4,27-6-2)22(25)24-20-13-14-21(18(3)16-20)26-17-19-11-9-8-10-12-19/h8-14,16H,5-7,15,17H2,1-4H3,(H,24,25)/t23-/m0/s1. The smallest absolute Gasteiger partial charge is 0.256 e. The normalized spacial score (nSPS) is 13.0. The van der Waals surface area contributed by atoms with E-state index in [4.69, 9.17) is 9.47 Å². The van der Waals surface area contributed by atoms with E-state index in [0.29, 0.717) is 19.6 Å². The Bertz CT molecular complexity index is 730. The van der Waals surface area contributed by atoms with E-state index in [-0.39, 0.29) is 5.91 Å². The van der Waals surface area contributed by atoms with Gasteiger partial charge in [-0.25, -0.2) is 0 Å². The van der Waals surface area contributed by atoms with Gasteiger partial charge >= 0.3 is 0 Å². The van der Waals surface area contributed by atoms with Crippen LogP contribution in [0, 0.1) is 6.92 Å². The second-order valence-corrected chi connectivity index (χ2v) is 6.98. The zero-order valence-electron chi connectivity index (χ0n) is 16.9. The summed E-state index contributed by atoms with van der Waals surface area (Å²) in [6.45, 7) is 8.91. The molecule has 0 spiro atoms. The molecule has 0 saturated heterocycles. The molecule has 0 aliphatic carbocycles. The molecule has 2 aromatic rings. The van der Waals surface area contributed by atoms with Gasteiger partial charge in [-0.15, -0.1) is 0 Å². The molecule has 0 bridgehead atoms. The van der Waals surface area contributed by atoms with E-state index in [1.165, 1.54) is 0 Å². The number of hydrogen-bond acceptors (Lipinski definition) is 3. The summed E-state index contributed by atoms with van der Waals surface area (Å²) in [6.07, 6.45) is 2.69. The highest BCUT2D eigenvalue weighted by molar-refractivity contribution is 5.97. The topological polar surface area (TPSA) is 47.6 Å². The highest BCUT2D eigenvalue weighted by atomic mass is 16.5. The molecule has 1 atom stereocenters. The SMILES string of the molecule is CCCC[C@](C)(OCC)C(=O)Nc1ccc(OCc2ccccc2)c(C)c1. The average Bonchev–Trinajstić information content (AvgIpc) is 2.67. The van der Waals surface area contributed by atoms with Gasteiger partial charge in [-0.1, -0.05) is 50.1 Å². The Labute approximate surface area is 162 Å². The van der Waals surface area contributed by atoms with Gasteiger partial charge in [-0.2, -0.15) is 0 Å². The first kappa shape index (κ1) is 21.0. The van der Waals surface area contributed by atoms with Crippen LogP contribution in [0.4, 0.5) is 5.69 Å².